The summed E-state index contributed by atoms with van der Waals surface area (Å²) >= 11 is 0. The topological polar surface area (TPSA) is 111 Å². The number of nitrogens with one attached hydrogen (secondary N) is 1. The van der Waals surface area contributed by atoms with E-state index in [0.717, 1.165) is 4.57 Å². The Balaban J connectivity index is 1.80. The van der Waals surface area contributed by atoms with E-state index in [9.17, 15) is 14.4 Å². The first-order valence-electron chi connectivity index (χ1n) is 7.87. The van der Waals surface area contributed by atoms with Crippen LogP contribution in [0.1, 0.15) is 17.3 Å². The van der Waals surface area contributed by atoms with Gasteiger partial charge in [-0.25, -0.2) is 9.59 Å². The second-order valence-electron chi connectivity index (χ2n) is 5.45. The highest BCUT2D eigenvalue weighted by atomic mass is 16.5. The summed E-state index contributed by atoms with van der Waals surface area (Å²) in [5, 5.41) is 11.7. The maximum Gasteiger partial charge on any atom is 0.420 e. The van der Waals surface area contributed by atoms with Gasteiger partial charge in [0.1, 0.15) is 12.3 Å². The fourth-order valence-corrected chi connectivity index (χ4v) is 2.49. The van der Waals surface area contributed by atoms with Crippen LogP contribution >= 0.6 is 0 Å². The summed E-state index contributed by atoms with van der Waals surface area (Å²) in [5.41, 5.74) is 1.01. The molecule has 1 aromatic heterocycles. The maximum atomic E-state index is 12.2. The van der Waals surface area contributed by atoms with E-state index in [2.05, 4.69) is 5.32 Å². The Kier molecular flexibility index (Phi) is 4.74. The lowest BCUT2D eigenvalue weighted by molar-refractivity contribution is -0.116. The van der Waals surface area contributed by atoms with Crippen molar-refractivity contribution in [1.82, 2.24) is 4.57 Å². The van der Waals surface area contributed by atoms with Crippen LogP contribution in [0.25, 0.3) is 11.1 Å². The highest BCUT2D eigenvalue weighted by Gasteiger charge is 2.15. The molecule has 0 saturated carbocycles. The monoisotopic (exact) mass is 356 g/mol. The van der Waals surface area contributed by atoms with Gasteiger partial charge in [0.15, 0.2) is 5.58 Å². The third-order valence-electron chi connectivity index (χ3n) is 3.67. The third-order valence-corrected chi connectivity index (χ3v) is 3.67. The lowest BCUT2D eigenvalue weighted by Gasteiger charge is -2.07. The molecule has 0 spiro atoms. The molecule has 8 nitrogen and oxygen atoms in total. The number of oxazole rings is 1. The molecule has 2 N–H and O–H groups in total. The summed E-state index contributed by atoms with van der Waals surface area (Å²) < 4.78 is 11.5. The zero-order chi connectivity index (χ0) is 18.7. The molecule has 0 bridgehead atoms. The first-order valence-corrected chi connectivity index (χ1v) is 7.87. The molecule has 3 aromatic rings. The molecule has 0 aliphatic heterocycles. The van der Waals surface area contributed by atoms with Gasteiger partial charge < -0.3 is 19.6 Å². The minimum atomic E-state index is -1.13. The van der Waals surface area contributed by atoms with Crippen LogP contribution in [0.2, 0.25) is 0 Å². The van der Waals surface area contributed by atoms with E-state index < -0.39 is 17.6 Å². The molecule has 134 valence electrons. The smallest absolute Gasteiger partial charge is 0.420 e. The summed E-state index contributed by atoms with van der Waals surface area (Å²) in [6.45, 7) is 2.11. The Hall–Kier alpha value is -3.55. The standard InChI is InChI=1S/C18H16N2O6/c1-2-25-13-6-4-12(5-7-13)19-16(21)10-20-14-9-11(17(22)23)3-8-15(14)26-18(20)24/h3-9H,2,10H2,1H3,(H,19,21)(H,22,23). The Morgan fingerprint density at radius 2 is 1.92 bits per heavy atom. The second-order valence-corrected chi connectivity index (χ2v) is 5.45. The van der Waals surface area contributed by atoms with Crippen molar-refractivity contribution in [3.63, 3.8) is 0 Å². The first kappa shape index (κ1) is 17.3. The van der Waals surface area contributed by atoms with Crippen LogP contribution in [-0.2, 0) is 11.3 Å². The van der Waals surface area contributed by atoms with Crippen LogP contribution < -0.4 is 15.8 Å². The molecule has 26 heavy (non-hydrogen) atoms. The third kappa shape index (κ3) is 3.59. The fraction of sp³-hybridized carbons (Fsp3) is 0.167. The van der Waals surface area contributed by atoms with Gasteiger partial charge >= 0.3 is 11.7 Å². The largest absolute Gasteiger partial charge is 0.494 e. The first-order chi connectivity index (χ1) is 12.5. The van der Waals surface area contributed by atoms with Crippen molar-refractivity contribution in [1.29, 1.82) is 0 Å². The van der Waals surface area contributed by atoms with E-state index in [4.69, 9.17) is 14.3 Å². The van der Waals surface area contributed by atoms with E-state index >= 15 is 0 Å². The number of aromatic carboxylic acids is 1. The minimum Gasteiger partial charge on any atom is -0.494 e. The van der Waals surface area contributed by atoms with Crippen LogP contribution in [0.4, 0.5) is 5.69 Å². The fourth-order valence-electron chi connectivity index (χ4n) is 2.49. The van der Waals surface area contributed by atoms with Crippen molar-refractivity contribution < 1.29 is 23.8 Å². The molecule has 3 rings (SSSR count). The summed E-state index contributed by atoms with van der Waals surface area (Å²) in [6, 6.07) is 10.8. The van der Waals surface area contributed by atoms with Crippen LogP contribution in [0.5, 0.6) is 5.75 Å². The van der Waals surface area contributed by atoms with Gasteiger partial charge in [-0.15, -0.1) is 0 Å². The van der Waals surface area contributed by atoms with Gasteiger partial charge in [-0.1, -0.05) is 0 Å². The van der Waals surface area contributed by atoms with Gasteiger partial charge in [-0.3, -0.25) is 9.36 Å². The van der Waals surface area contributed by atoms with Crippen LogP contribution in [-0.4, -0.2) is 28.2 Å². The molecule has 2 aromatic carbocycles. The van der Waals surface area contributed by atoms with E-state index in [-0.39, 0.29) is 23.2 Å². The van der Waals surface area contributed by atoms with Gasteiger partial charge in [-0.2, -0.15) is 0 Å². The molecule has 0 radical (unpaired) electrons. The number of fused-ring (bicyclic) bond motifs is 1. The summed E-state index contributed by atoms with van der Waals surface area (Å²) in [4.78, 5) is 35.3. The predicted molar refractivity (Wildman–Crippen MR) is 93.7 cm³/mol. The Morgan fingerprint density at radius 3 is 2.58 bits per heavy atom. The molecule has 0 atom stereocenters. The number of hydrogen-bond donors (Lipinski definition) is 2. The number of hydrogen-bond acceptors (Lipinski definition) is 5. The maximum absolute atomic E-state index is 12.2. The Morgan fingerprint density at radius 1 is 1.19 bits per heavy atom. The van der Waals surface area contributed by atoms with Crippen molar-refractivity contribution in [2.45, 2.75) is 13.5 Å². The molecular formula is C18H16N2O6. The van der Waals surface area contributed by atoms with Crippen molar-refractivity contribution in [3.05, 3.63) is 58.6 Å². The van der Waals surface area contributed by atoms with Crippen molar-refractivity contribution in [2.24, 2.45) is 0 Å². The van der Waals surface area contributed by atoms with Gasteiger partial charge in [-0.05, 0) is 49.4 Å². The van der Waals surface area contributed by atoms with E-state index in [1.54, 1.807) is 24.3 Å². The zero-order valence-corrected chi connectivity index (χ0v) is 13.9. The van der Waals surface area contributed by atoms with Gasteiger partial charge in [0.2, 0.25) is 5.91 Å². The molecule has 1 heterocycles. The van der Waals surface area contributed by atoms with Crippen molar-refractivity contribution in [2.75, 3.05) is 11.9 Å². The van der Waals surface area contributed by atoms with Crippen LogP contribution in [0, 0.1) is 0 Å². The Bertz CT molecular complexity index is 1020. The normalized spacial score (nSPS) is 10.7. The van der Waals surface area contributed by atoms with E-state index in [1.807, 2.05) is 6.92 Å². The van der Waals surface area contributed by atoms with Crippen molar-refractivity contribution >= 4 is 28.7 Å². The highest BCUT2D eigenvalue weighted by molar-refractivity contribution is 5.93. The SMILES string of the molecule is CCOc1ccc(NC(=O)Cn2c(=O)oc3ccc(C(=O)O)cc32)cc1. The van der Waals surface area contributed by atoms with E-state index in [1.165, 1.54) is 18.2 Å². The molecule has 1 amide bonds. The second kappa shape index (κ2) is 7.14. The average Bonchev–Trinajstić information content (AvgIpc) is 2.91. The molecular weight excluding hydrogens is 340 g/mol. The number of carbonyl (C=O) groups excluding carboxylic acids is 1. The molecule has 0 aliphatic carbocycles. The van der Waals surface area contributed by atoms with Gasteiger partial charge in [0.05, 0.1) is 17.7 Å². The lowest BCUT2D eigenvalue weighted by Crippen LogP contribution is -2.24. The number of nitrogens with zero attached hydrogens (tertiary/aromatic N) is 1. The number of carboxylic acids is 1. The van der Waals surface area contributed by atoms with Crippen LogP contribution in [0.3, 0.4) is 0 Å². The molecule has 0 unspecified atom stereocenters. The summed E-state index contributed by atoms with van der Waals surface area (Å²) in [7, 11) is 0. The van der Waals surface area contributed by atoms with Gasteiger partial charge in [0, 0.05) is 5.69 Å². The lowest BCUT2D eigenvalue weighted by atomic mass is 10.2. The number of ether oxygens (including phenoxy) is 1. The number of anilines is 1. The number of benzene rings is 2. The molecule has 0 saturated heterocycles. The predicted octanol–water partition coefficient (Wildman–Crippen LogP) is 2.33. The van der Waals surface area contributed by atoms with Gasteiger partial charge in [0.25, 0.3) is 0 Å². The number of rotatable bonds is 6. The number of aromatic nitrogens is 1. The number of amides is 1. The number of carbonyl (C=O) groups is 2. The molecule has 0 aliphatic rings. The summed E-state index contributed by atoms with van der Waals surface area (Å²) in [5.74, 6) is -1.63. The van der Waals surface area contributed by atoms with Crippen molar-refractivity contribution in [3.8, 4) is 5.75 Å². The minimum absolute atomic E-state index is 0.000953. The quantitative estimate of drug-likeness (QED) is 0.701. The molecule has 8 heteroatoms. The Labute approximate surface area is 147 Å². The molecule has 0 fully saturated rings. The summed E-state index contributed by atoms with van der Waals surface area (Å²) in [6.07, 6.45) is 0. The zero-order valence-electron chi connectivity index (χ0n) is 13.9. The van der Waals surface area contributed by atoms with Crippen LogP contribution in [0.15, 0.2) is 51.7 Å². The number of carboxylic acid groups (broad SMARTS) is 1. The average molecular weight is 356 g/mol. The highest BCUT2D eigenvalue weighted by Crippen LogP contribution is 2.17. The van der Waals surface area contributed by atoms with E-state index in [0.29, 0.717) is 18.0 Å².